The van der Waals surface area contributed by atoms with Crippen LogP contribution < -0.4 is 4.74 Å². The molecule has 3 aromatic rings. The van der Waals surface area contributed by atoms with Crippen LogP contribution in [0.4, 0.5) is 4.39 Å². The van der Waals surface area contributed by atoms with Gasteiger partial charge in [-0.25, -0.2) is 4.39 Å². The molecule has 162 valence electrons. The van der Waals surface area contributed by atoms with Crippen LogP contribution in [-0.4, -0.2) is 47.0 Å². The van der Waals surface area contributed by atoms with Crippen molar-refractivity contribution in [2.24, 2.45) is 0 Å². The summed E-state index contributed by atoms with van der Waals surface area (Å²) in [6, 6.07) is 14.5. The van der Waals surface area contributed by atoms with Crippen LogP contribution in [0, 0.1) is 19.7 Å². The van der Waals surface area contributed by atoms with Crippen LogP contribution in [0.3, 0.4) is 0 Å². The van der Waals surface area contributed by atoms with Gasteiger partial charge in [0.1, 0.15) is 23.9 Å². The SMILES string of the molecule is Cc1ccc(OCc2c(C(=O)N3CCN(Cc4ccccc4F)CC3)noc2C)cc1. The van der Waals surface area contributed by atoms with E-state index in [1.807, 2.05) is 37.3 Å². The van der Waals surface area contributed by atoms with Crippen molar-refractivity contribution in [2.75, 3.05) is 26.2 Å². The van der Waals surface area contributed by atoms with Crippen LogP contribution in [0.2, 0.25) is 0 Å². The number of aromatic nitrogens is 1. The fourth-order valence-electron chi connectivity index (χ4n) is 3.65. The highest BCUT2D eigenvalue weighted by Crippen LogP contribution is 2.21. The normalized spacial score (nSPS) is 14.6. The van der Waals surface area contributed by atoms with E-state index in [1.54, 1.807) is 24.0 Å². The minimum Gasteiger partial charge on any atom is -0.489 e. The molecule has 1 aliphatic heterocycles. The van der Waals surface area contributed by atoms with Gasteiger partial charge in [-0.3, -0.25) is 9.69 Å². The van der Waals surface area contributed by atoms with Crippen LogP contribution in [0.15, 0.2) is 53.1 Å². The van der Waals surface area contributed by atoms with Gasteiger partial charge in [0.25, 0.3) is 5.91 Å². The Bertz CT molecular complexity index is 1040. The van der Waals surface area contributed by atoms with Crippen molar-refractivity contribution in [3.8, 4) is 5.75 Å². The van der Waals surface area contributed by atoms with E-state index in [0.29, 0.717) is 55.3 Å². The number of ether oxygens (including phenoxy) is 1. The second-order valence-electron chi connectivity index (χ2n) is 7.83. The fourth-order valence-corrected chi connectivity index (χ4v) is 3.65. The molecule has 0 saturated carbocycles. The summed E-state index contributed by atoms with van der Waals surface area (Å²) in [4.78, 5) is 17.0. The molecule has 7 heteroatoms. The summed E-state index contributed by atoms with van der Waals surface area (Å²) in [5.74, 6) is 0.946. The Labute approximate surface area is 181 Å². The lowest BCUT2D eigenvalue weighted by Gasteiger charge is -2.34. The Morgan fingerprint density at radius 3 is 2.48 bits per heavy atom. The van der Waals surface area contributed by atoms with Crippen molar-refractivity contribution in [3.63, 3.8) is 0 Å². The number of carbonyl (C=O) groups is 1. The average Bonchev–Trinajstić information content (AvgIpc) is 3.15. The summed E-state index contributed by atoms with van der Waals surface area (Å²) in [7, 11) is 0. The first-order valence-electron chi connectivity index (χ1n) is 10.4. The van der Waals surface area contributed by atoms with Crippen molar-refractivity contribution in [1.82, 2.24) is 15.0 Å². The number of nitrogens with zero attached hydrogens (tertiary/aromatic N) is 3. The van der Waals surface area contributed by atoms with Crippen LogP contribution in [0.1, 0.15) is 32.9 Å². The van der Waals surface area contributed by atoms with E-state index in [4.69, 9.17) is 9.26 Å². The van der Waals surface area contributed by atoms with Crippen LogP contribution in [0.5, 0.6) is 5.75 Å². The molecule has 0 N–H and O–H groups in total. The van der Waals surface area contributed by atoms with Gasteiger partial charge in [0.05, 0.1) is 5.56 Å². The first-order chi connectivity index (χ1) is 15.0. The minimum atomic E-state index is -0.197. The molecular weight excluding hydrogens is 397 g/mol. The quantitative estimate of drug-likeness (QED) is 0.601. The Morgan fingerprint density at radius 2 is 1.77 bits per heavy atom. The molecule has 0 aliphatic carbocycles. The number of aryl methyl sites for hydroxylation is 2. The third kappa shape index (κ3) is 4.94. The van der Waals surface area contributed by atoms with Crippen LogP contribution >= 0.6 is 0 Å². The predicted octanol–water partition coefficient (Wildman–Crippen LogP) is 3.97. The highest BCUT2D eigenvalue weighted by atomic mass is 19.1. The minimum absolute atomic E-state index is 0.162. The fraction of sp³-hybridized carbons (Fsp3) is 0.333. The van der Waals surface area contributed by atoms with Gasteiger partial charge in [0.2, 0.25) is 0 Å². The number of amides is 1. The molecule has 2 aromatic carbocycles. The number of rotatable bonds is 6. The van der Waals surface area contributed by atoms with E-state index in [9.17, 15) is 9.18 Å². The van der Waals surface area contributed by atoms with Crippen molar-refractivity contribution in [1.29, 1.82) is 0 Å². The van der Waals surface area contributed by atoms with Gasteiger partial charge >= 0.3 is 0 Å². The lowest BCUT2D eigenvalue weighted by atomic mass is 10.1. The third-order valence-electron chi connectivity index (χ3n) is 5.60. The zero-order valence-corrected chi connectivity index (χ0v) is 17.8. The molecule has 31 heavy (non-hydrogen) atoms. The molecule has 0 radical (unpaired) electrons. The lowest BCUT2D eigenvalue weighted by Crippen LogP contribution is -2.48. The van der Waals surface area contributed by atoms with Crippen molar-refractivity contribution < 1.29 is 18.4 Å². The Kier molecular flexibility index (Phi) is 6.32. The van der Waals surface area contributed by atoms with Gasteiger partial charge in [-0.1, -0.05) is 41.1 Å². The van der Waals surface area contributed by atoms with Crippen molar-refractivity contribution in [2.45, 2.75) is 27.0 Å². The topological polar surface area (TPSA) is 58.8 Å². The van der Waals surface area contributed by atoms with E-state index in [2.05, 4.69) is 10.1 Å². The van der Waals surface area contributed by atoms with E-state index in [-0.39, 0.29) is 18.3 Å². The summed E-state index contributed by atoms with van der Waals surface area (Å²) in [5.41, 5.74) is 2.79. The zero-order valence-electron chi connectivity index (χ0n) is 17.8. The molecule has 1 aliphatic rings. The zero-order chi connectivity index (χ0) is 21.8. The van der Waals surface area contributed by atoms with Crippen LogP contribution in [-0.2, 0) is 13.2 Å². The molecule has 0 spiro atoms. The molecule has 0 atom stereocenters. The monoisotopic (exact) mass is 423 g/mol. The molecule has 4 rings (SSSR count). The maximum atomic E-state index is 13.9. The van der Waals surface area contributed by atoms with E-state index >= 15 is 0 Å². The maximum absolute atomic E-state index is 13.9. The Balaban J connectivity index is 1.37. The lowest BCUT2D eigenvalue weighted by molar-refractivity contribution is 0.0615. The standard InChI is InChI=1S/C24H26FN3O3/c1-17-7-9-20(10-8-17)30-16-21-18(2)31-26-23(21)24(29)28-13-11-27(12-14-28)15-19-5-3-4-6-22(19)25/h3-10H,11-16H2,1-2H3. The second-order valence-corrected chi connectivity index (χ2v) is 7.83. The number of carbonyl (C=O) groups excluding carboxylic acids is 1. The average molecular weight is 423 g/mol. The van der Waals surface area contributed by atoms with Crippen molar-refractivity contribution >= 4 is 5.91 Å². The highest BCUT2D eigenvalue weighted by Gasteiger charge is 2.28. The third-order valence-corrected chi connectivity index (χ3v) is 5.60. The van der Waals surface area contributed by atoms with E-state index in [0.717, 1.165) is 11.3 Å². The molecule has 1 saturated heterocycles. The summed E-state index contributed by atoms with van der Waals surface area (Å²) >= 11 is 0. The largest absolute Gasteiger partial charge is 0.489 e. The number of hydrogen-bond donors (Lipinski definition) is 0. The molecule has 1 aromatic heterocycles. The summed E-state index contributed by atoms with van der Waals surface area (Å²) in [5, 5.41) is 4.01. The molecule has 1 amide bonds. The molecule has 0 bridgehead atoms. The number of piperazine rings is 1. The van der Waals surface area contributed by atoms with Gasteiger partial charge in [0, 0.05) is 38.3 Å². The maximum Gasteiger partial charge on any atom is 0.276 e. The van der Waals surface area contributed by atoms with Gasteiger partial charge < -0.3 is 14.2 Å². The number of hydrogen-bond acceptors (Lipinski definition) is 5. The Hall–Kier alpha value is -3.19. The second kappa shape index (κ2) is 9.31. The number of halogens is 1. The summed E-state index contributed by atoms with van der Waals surface area (Å²) in [6.45, 7) is 7.00. The molecule has 6 nitrogen and oxygen atoms in total. The van der Waals surface area contributed by atoms with Gasteiger partial charge in [-0.15, -0.1) is 0 Å². The molecule has 1 fully saturated rings. The smallest absolute Gasteiger partial charge is 0.276 e. The molecule has 2 heterocycles. The highest BCUT2D eigenvalue weighted by molar-refractivity contribution is 5.93. The summed E-state index contributed by atoms with van der Waals surface area (Å²) < 4.78 is 25.1. The van der Waals surface area contributed by atoms with Crippen molar-refractivity contribution in [3.05, 3.63) is 82.5 Å². The van der Waals surface area contributed by atoms with Crippen LogP contribution in [0.25, 0.3) is 0 Å². The van der Waals surface area contributed by atoms with Gasteiger partial charge in [0.15, 0.2) is 5.69 Å². The van der Waals surface area contributed by atoms with E-state index in [1.165, 1.54) is 6.07 Å². The first-order valence-corrected chi connectivity index (χ1v) is 10.4. The van der Waals surface area contributed by atoms with Gasteiger partial charge in [-0.05, 0) is 32.0 Å². The first kappa shape index (κ1) is 21.1. The number of benzene rings is 2. The van der Waals surface area contributed by atoms with E-state index < -0.39 is 0 Å². The predicted molar refractivity (Wildman–Crippen MR) is 114 cm³/mol. The molecule has 0 unspecified atom stereocenters. The summed E-state index contributed by atoms with van der Waals surface area (Å²) in [6.07, 6.45) is 0. The molecular formula is C24H26FN3O3. The Morgan fingerprint density at radius 1 is 1.06 bits per heavy atom. The van der Waals surface area contributed by atoms with Gasteiger partial charge in [-0.2, -0.15) is 0 Å².